The van der Waals surface area contributed by atoms with E-state index in [0.29, 0.717) is 23.3 Å². The maximum absolute atomic E-state index is 9.33. The number of hydrogen-bond donors (Lipinski definition) is 1. The van der Waals surface area contributed by atoms with E-state index in [2.05, 4.69) is 29.2 Å². The van der Waals surface area contributed by atoms with Gasteiger partial charge in [-0.25, -0.2) is 0 Å². The Balaban J connectivity index is 1.64. The molecule has 0 amide bonds. The molecule has 2 heterocycles. The molecule has 0 spiro atoms. The maximum Gasteiger partial charge on any atom is 0.143 e. The summed E-state index contributed by atoms with van der Waals surface area (Å²) in [5, 5.41) is 9.76. The van der Waals surface area contributed by atoms with Gasteiger partial charge in [-0.05, 0) is 37.1 Å². The fourth-order valence-electron chi connectivity index (χ4n) is 2.37. The quantitative estimate of drug-likeness (QED) is 0.938. The molecule has 1 aromatic carbocycles. The lowest BCUT2D eigenvalue weighted by atomic mass is 10.1. The first-order valence-electron chi connectivity index (χ1n) is 6.71. The molecule has 1 unspecified atom stereocenters. The van der Waals surface area contributed by atoms with Crippen molar-refractivity contribution in [3.05, 3.63) is 53.3 Å². The van der Waals surface area contributed by atoms with E-state index >= 15 is 0 Å². The van der Waals surface area contributed by atoms with Crippen molar-refractivity contribution in [1.82, 2.24) is 4.98 Å². The third-order valence-electron chi connectivity index (χ3n) is 3.36. The van der Waals surface area contributed by atoms with Crippen molar-refractivity contribution in [2.75, 3.05) is 6.61 Å². The van der Waals surface area contributed by atoms with E-state index in [4.69, 9.17) is 4.74 Å². The minimum atomic E-state index is -0.0882. The van der Waals surface area contributed by atoms with Gasteiger partial charge in [0.2, 0.25) is 0 Å². The van der Waals surface area contributed by atoms with Gasteiger partial charge >= 0.3 is 0 Å². The number of nitrogens with zero attached hydrogens (tertiary/aromatic N) is 1. The molecule has 1 aliphatic heterocycles. The summed E-state index contributed by atoms with van der Waals surface area (Å²) >= 11 is 1.86. The van der Waals surface area contributed by atoms with E-state index in [1.807, 2.05) is 30.8 Å². The summed E-state index contributed by atoms with van der Waals surface area (Å²) in [6, 6.07) is 12.3. The van der Waals surface area contributed by atoms with E-state index in [9.17, 15) is 5.11 Å². The van der Waals surface area contributed by atoms with E-state index < -0.39 is 0 Å². The lowest BCUT2D eigenvalue weighted by Gasteiger charge is -2.13. The zero-order valence-corrected chi connectivity index (χ0v) is 12.2. The molecule has 0 saturated heterocycles. The zero-order chi connectivity index (χ0) is 13.9. The van der Waals surface area contributed by atoms with Gasteiger partial charge in [-0.15, -0.1) is 11.8 Å². The smallest absolute Gasteiger partial charge is 0.143 e. The first kappa shape index (κ1) is 13.5. The first-order valence-corrected chi connectivity index (χ1v) is 7.59. The summed E-state index contributed by atoms with van der Waals surface area (Å²) in [6.45, 7) is 2.46. The van der Waals surface area contributed by atoms with Gasteiger partial charge in [0.05, 0.1) is 6.61 Å². The van der Waals surface area contributed by atoms with Gasteiger partial charge < -0.3 is 9.84 Å². The number of ether oxygens (including phenoxy) is 1. The fourth-order valence-corrected chi connectivity index (χ4v) is 3.59. The topological polar surface area (TPSA) is 42.4 Å². The number of benzene rings is 1. The van der Waals surface area contributed by atoms with Gasteiger partial charge in [0.1, 0.15) is 18.1 Å². The first-order chi connectivity index (χ1) is 9.76. The van der Waals surface area contributed by atoms with Crippen molar-refractivity contribution < 1.29 is 9.84 Å². The average molecular weight is 287 g/mol. The van der Waals surface area contributed by atoms with Crippen LogP contribution in [0.4, 0.5) is 0 Å². The summed E-state index contributed by atoms with van der Waals surface area (Å²) in [4.78, 5) is 5.65. The highest BCUT2D eigenvalue weighted by Crippen LogP contribution is 2.37. The molecule has 0 fully saturated rings. The van der Waals surface area contributed by atoms with E-state index in [1.54, 1.807) is 0 Å². The van der Waals surface area contributed by atoms with Crippen LogP contribution in [0, 0.1) is 6.92 Å². The highest BCUT2D eigenvalue weighted by Gasteiger charge is 2.22. The molecule has 2 aromatic rings. The van der Waals surface area contributed by atoms with Crippen LogP contribution < -0.4 is 4.74 Å². The summed E-state index contributed by atoms with van der Waals surface area (Å²) < 4.78 is 5.85. The number of hydrogen-bond acceptors (Lipinski definition) is 4. The lowest BCUT2D eigenvalue weighted by molar-refractivity contribution is 0.257. The van der Waals surface area contributed by atoms with E-state index in [-0.39, 0.29) is 6.61 Å². The Labute approximate surface area is 123 Å². The third kappa shape index (κ3) is 2.81. The molecule has 4 heteroatoms. The van der Waals surface area contributed by atoms with Gasteiger partial charge in [-0.2, -0.15) is 0 Å². The number of rotatable bonds is 4. The number of aliphatic hydroxyl groups is 1. The minimum absolute atomic E-state index is 0.0882. The highest BCUT2D eigenvalue weighted by molar-refractivity contribution is 8.00. The van der Waals surface area contributed by atoms with Crippen LogP contribution >= 0.6 is 11.8 Å². The molecule has 1 aliphatic rings. The van der Waals surface area contributed by atoms with Gasteiger partial charge in [0.15, 0.2) is 0 Å². The minimum Gasteiger partial charge on any atom is -0.490 e. The van der Waals surface area contributed by atoms with Crippen molar-refractivity contribution >= 4 is 11.8 Å². The standard InChI is InChI=1S/C16H17NO2S/c1-11-6-7-15(14(9-18)17-11)19-10-13-8-12-4-2-3-5-16(12)20-13/h2-7,13,18H,8-10H2,1H3. The summed E-state index contributed by atoms with van der Waals surface area (Å²) in [6.07, 6.45) is 1.04. The second-order valence-corrected chi connectivity index (χ2v) is 6.26. The van der Waals surface area contributed by atoms with Crippen molar-refractivity contribution in [1.29, 1.82) is 0 Å². The largest absolute Gasteiger partial charge is 0.490 e. The molecule has 0 bridgehead atoms. The highest BCUT2D eigenvalue weighted by atomic mass is 32.2. The van der Waals surface area contributed by atoms with Crippen molar-refractivity contribution in [3.8, 4) is 5.75 Å². The Bertz CT molecular complexity index is 590. The number of aromatic nitrogens is 1. The number of aliphatic hydroxyl groups excluding tert-OH is 1. The molecule has 1 atom stereocenters. The summed E-state index contributed by atoms with van der Waals surface area (Å²) in [7, 11) is 0. The number of thioether (sulfide) groups is 1. The molecule has 1 aromatic heterocycles. The maximum atomic E-state index is 9.33. The average Bonchev–Trinajstić information content (AvgIpc) is 2.88. The Kier molecular flexibility index (Phi) is 3.94. The van der Waals surface area contributed by atoms with Crippen LogP contribution in [0.3, 0.4) is 0 Å². The predicted octanol–water partition coefficient (Wildman–Crippen LogP) is 2.98. The van der Waals surface area contributed by atoms with Crippen LogP contribution in [0.15, 0.2) is 41.3 Å². The molecule has 0 aliphatic carbocycles. The molecule has 0 radical (unpaired) electrons. The molecule has 20 heavy (non-hydrogen) atoms. The Morgan fingerprint density at radius 2 is 2.15 bits per heavy atom. The third-order valence-corrected chi connectivity index (χ3v) is 4.65. The number of pyridine rings is 1. The van der Waals surface area contributed by atoms with Crippen LogP contribution in [0.2, 0.25) is 0 Å². The van der Waals surface area contributed by atoms with Crippen LogP contribution in [0.5, 0.6) is 5.75 Å². The zero-order valence-electron chi connectivity index (χ0n) is 11.4. The second kappa shape index (κ2) is 5.85. The summed E-state index contributed by atoms with van der Waals surface area (Å²) in [5.41, 5.74) is 2.91. The number of aryl methyl sites for hydroxylation is 1. The second-order valence-electron chi connectivity index (χ2n) is 4.92. The Morgan fingerprint density at radius 3 is 2.95 bits per heavy atom. The number of fused-ring (bicyclic) bond motifs is 1. The molecule has 1 N–H and O–H groups in total. The summed E-state index contributed by atoms with van der Waals surface area (Å²) in [5.74, 6) is 0.689. The van der Waals surface area contributed by atoms with Crippen molar-refractivity contribution in [2.45, 2.75) is 30.1 Å². The van der Waals surface area contributed by atoms with E-state index in [1.165, 1.54) is 10.5 Å². The molecule has 0 saturated carbocycles. The van der Waals surface area contributed by atoms with Crippen LogP contribution in [-0.2, 0) is 13.0 Å². The van der Waals surface area contributed by atoms with E-state index in [0.717, 1.165) is 12.1 Å². The van der Waals surface area contributed by atoms with Crippen LogP contribution in [0.1, 0.15) is 17.0 Å². The van der Waals surface area contributed by atoms with Gasteiger partial charge in [-0.1, -0.05) is 18.2 Å². The Morgan fingerprint density at radius 1 is 1.30 bits per heavy atom. The van der Waals surface area contributed by atoms with Crippen molar-refractivity contribution in [3.63, 3.8) is 0 Å². The van der Waals surface area contributed by atoms with Gasteiger partial charge in [0, 0.05) is 15.8 Å². The predicted molar refractivity (Wildman–Crippen MR) is 80.2 cm³/mol. The normalized spacial score (nSPS) is 17.0. The monoisotopic (exact) mass is 287 g/mol. The fraction of sp³-hybridized carbons (Fsp3) is 0.312. The molecular formula is C16H17NO2S. The SMILES string of the molecule is Cc1ccc(OCC2Cc3ccccc3S2)c(CO)n1. The molecule has 104 valence electrons. The van der Waals surface area contributed by atoms with Crippen LogP contribution in [-0.4, -0.2) is 21.9 Å². The lowest BCUT2D eigenvalue weighted by Crippen LogP contribution is -2.14. The van der Waals surface area contributed by atoms with Crippen molar-refractivity contribution in [2.24, 2.45) is 0 Å². The molecule has 3 rings (SSSR count). The van der Waals surface area contributed by atoms with Crippen LogP contribution in [0.25, 0.3) is 0 Å². The van der Waals surface area contributed by atoms with Gasteiger partial charge in [0.25, 0.3) is 0 Å². The van der Waals surface area contributed by atoms with Gasteiger partial charge in [-0.3, -0.25) is 4.98 Å². The molecule has 3 nitrogen and oxygen atoms in total. The molecular weight excluding hydrogens is 270 g/mol. The Hall–Kier alpha value is -1.52.